The molecule has 114 valence electrons. The van der Waals surface area contributed by atoms with Crippen LogP contribution in [0.2, 0.25) is 0 Å². The number of hydrogen-bond acceptors (Lipinski definition) is 3. The van der Waals surface area contributed by atoms with Gasteiger partial charge in [-0.1, -0.05) is 12.1 Å². The van der Waals surface area contributed by atoms with E-state index in [1.54, 1.807) is 24.1 Å². The molecule has 1 aromatic rings. The lowest BCUT2D eigenvalue weighted by Crippen LogP contribution is -2.57. The minimum Gasteiger partial charge on any atom is -0.377 e. The van der Waals surface area contributed by atoms with Gasteiger partial charge in [-0.2, -0.15) is 0 Å². The molecule has 21 heavy (non-hydrogen) atoms. The van der Waals surface area contributed by atoms with Crippen LogP contribution in [0.3, 0.4) is 0 Å². The number of amides is 1. The number of benzene rings is 1. The van der Waals surface area contributed by atoms with Crippen LogP contribution in [0.1, 0.15) is 29.6 Å². The number of likely N-dealkylation sites (tertiary alicyclic amines) is 1. The van der Waals surface area contributed by atoms with E-state index in [9.17, 15) is 9.18 Å². The van der Waals surface area contributed by atoms with Gasteiger partial charge in [0.2, 0.25) is 0 Å². The Morgan fingerprint density at radius 2 is 2.24 bits per heavy atom. The van der Waals surface area contributed by atoms with Crippen LogP contribution in [0.4, 0.5) is 4.39 Å². The molecule has 2 atom stereocenters. The first-order valence-electron chi connectivity index (χ1n) is 7.37. The first-order chi connectivity index (χ1) is 10.2. The first kappa shape index (κ1) is 14.5. The second-order valence-electron chi connectivity index (χ2n) is 5.72. The molecule has 3 rings (SSSR count). The van der Waals surface area contributed by atoms with Crippen LogP contribution in [-0.2, 0) is 9.47 Å². The van der Waals surface area contributed by atoms with E-state index in [-0.39, 0.29) is 23.2 Å². The number of carbonyl (C=O) groups is 1. The van der Waals surface area contributed by atoms with Gasteiger partial charge in [0.1, 0.15) is 11.9 Å². The number of carbonyl (C=O) groups excluding carboxylic acids is 1. The molecule has 1 aromatic carbocycles. The Kier molecular flexibility index (Phi) is 3.95. The molecule has 0 bridgehead atoms. The maximum absolute atomic E-state index is 13.8. The Hall–Kier alpha value is -1.46. The van der Waals surface area contributed by atoms with E-state index in [1.807, 2.05) is 0 Å². The van der Waals surface area contributed by atoms with E-state index in [2.05, 4.69) is 0 Å². The largest absolute Gasteiger partial charge is 0.377 e. The van der Waals surface area contributed by atoms with Crippen molar-refractivity contribution in [3.63, 3.8) is 0 Å². The SMILES string of the molecule is CO[C@H]1CN(C(=O)c2ccccc2F)CC[C@@]12CCCO2. The quantitative estimate of drug-likeness (QED) is 0.839. The lowest BCUT2D eigenvalue weighted by atomic mass is 9.85. The molecule has 4 nitrogen and oxygen atoms in total. The van der Waals surface area contributed by atoms with Gasteiger partial charge in [0.15, 0.2) is 0 Å². The first-order valence-corrected chi connectivity index (χ1v) is 7.37. The summed E-state index contributed by atoms with van der Waals surface area (Å²) in [5.74, 6) is -0.753. The molecule has 2 heterocycles. The summed E-state index contributed by atoms with van der Waals surface area (Å²) in [6.07, 6.45) is 2.59. The van der Waals surface area contributed by atoms with Crippen LogP contribution in [0.5, 0.6) is 0 Å². The average Bonchev–Trinajstić information content (AvgIpc) is 2.97. The Labute approximate surface area is 123 Å². The predicted molar refractivity (Wildman–Crippen MR) is 75.6 cm³/mol. The minimum atomic E-state index is -0.478. The summed E-state index contributed by atoms with van der Waals surface area (Å²) < 4.78 is 25.2. The van der Waals surface area contributed by atoms with E-state index < -0.39 is 5.82 Å². The van der Waals surface area contributed by atoms with Crippen molar-refractivity contribution in [3.05, 3.63) is 35.6 Å². The van der Waals surface area contributed by atoms with Gasteiger partial charge in [0, 0.05) is 26.8 Å². The number of piperidine rings is 1. The molecular weight excluding hydrogens is 273 g/mol. The van der Waals surface area contributed by atoms with Gasteiger partial charge in [-0.05, 0) is 31.4 Å². The summed E-state index contributed by atoms with van der Waals surface area (Å²) in [5, 5.41) is 0. The molecule has 0 saturated carbocycles. The second-order valence-corrected chi connectivity index (χ2v) is 5.72. The highest BCUT2D eigenvalue weighted by atomic mass is 19.1. The molecule has 2 saturated heterocycles. The highest BCUT2D eigenvalue weighted by molar-refractivity contribution is 5.94. The van der Waals surface area contributed by atoms with Gasteiger partial charge < -0.3 is 14.4 Å². The molecule has 0 aliphatic carbocycles. The van der Waals surface area contributed by atoms with Crippen molar-refractivity contribution in [1.29, 1.82) is 0 Å². The maximum Gasteiger partial charge on any atom is 0.256 e. The van der Waals surface area contributed by atoms with Gasteiger partial charge in [0.05, 0.1) is 11.2 Å². The summed E-state index contributed by atoms with van der Waals surface area (Å²) in [4.78, 5) is 14.1. The fourth-order valence-corrected chi connectivity index (χ4v) is 3.39. The number of methoxy groups -OCH3 is 1. The number of halogens is 1. The van der Waals surface area contributed by atoms with Gasteiger partial charge in [-0.3, -0.25) is 4.79 Å². The molecule has 1 spiro atoms. The van der Waals surface area contributed by atoms with E-state index >= 15 is 0 Å². The van der Waals surface area contributed by atoms with Gasteiger partial charge in [-0.15, -0.1) is 0 Å². The van der Waals surface area contributed by atoms with E-state index in [0.717, 1.165) is 25.9 Å². The van der Waals surface area contributed by atoms with Crippen molar-refractivity contribution in [2.45, 2.75) is 31.0 Å². The lowest BCUT2D eigenvalue weighted by Gasteiger charge is -2.44. The van der Waals surface area contributed by atoms with Crippen LogP contribution in [0, 0.1) is 5.82 Å². The zero-order valence-electron chi connectivity index (χ0n) is 12.2. The fraction of sp³-hybridized carbons (Fsp3) is 0.562. The van der Waals surface area contributed by atoms with Crippen molar-refractivity contribution in [2.24, 2.45) is 0 Å². The van der Waals surface area contributed by atoms with Crippen molar-refractivity contribution in [2.75, 3.05) is 26.8 Å². The summed E-state index contributed by atoms with van der Waals surface area (Å²) in [6, 6.07) is 6.10. The van der Waals surface area contributed by atoms with Crippen LogP contribution in [0.15, 0.2) is 24.3 Å². The topological polar surface area (TPSA) is 38.8 Å². The van der Waals surface area contributed by atoms with Crippen LogP contribution >= 0.6 is 0 Å². The minimum absolute atomic E-state index is 0.121. The average molecular weight is 293 g/mol. The molecule has 2 aliphatic heterocycles. The number of hydrogen-bond donors (Lipinski definition) is 0. The summed E-state index contributed by atoms with van der Waals surface area (Å²) in [7, 11) is 1.64. The maximum atomic E-state index is 13.8. The van der Waals surface area contributed by atoms with E-state index in [4.69, 9.17) is 9.47 Å². The molecule has 0 unspecified atom stereocenters. The third kappa shape index (κ3) is 2.56. The Bertz CT molecular complexity index is 528. The van der Waals surface area contributed by atoms with Gasteiger partial charge in [-0.25, -0.2) is 4.39 Å². The lowest BCUT2D eigenvalue weighted by molar-refractivity contribution is -0.136. The predicted octanol–water partition coefficient (Wildman–Crippen LogP) is 2.24. The van der Waals surface area contributed by atoms with E-state index in [0.29, 0.717) is 13.1 Å². The van der Waals surface area contributed by atoms with Gasteiger partial charge in [0.25, 0.3) is 5.91 Å². The Balaban J connectivity index is 1.76. The van der Waals surface area contributed by atoms with Crippen molar-refractivity contribution in [3.8, 4) is 0 Å². The number of ether oxygens (including phenoxy) is 2. The zero-order chi connectivity index (χ0) is 14.9. The molecule has 2 fully saturated rings. The third-order valence-corrected chi connectivity index (χ3v) is 4.59. The van der Waals surface area contributed by atoms with Crippen LogP contribution in [-0.4, -0.2) is 49.3 Å². The standard InChI is InChI=1S/C16H20FNO3/c1-20-14-11-18(9-8-16(14)7-4-10-21-16)15(19)12-5-2-3-6-13(12)17/h2-3,5-6,14H,4,7-11H2,1H3/t14-,16-/m0/s1. The molecule has 5 heteroatoms. The van der Waals surface area contributed by atoms with E-state index in [1.165, 1.54) is 12.1 Å². The molecule has 0 radical (unpaired) electrons. The molecule has 2 aliphatic rings. The second kappa shape index (κ2) is 5.73. The van der Waals surface area contributed by atoms with Crippen molar-refractivity contribution >= 4 is 5.91 Å². The number of rotatable bonds is 2. The molecular formula is C16H20FNO3. The number of nitrogens with zero attached hydrogens (tertiary/aromatic N) is 1. The normalized spacial score (nSPS) is 29.0. The molecule has 1 amide bonds. The Morgan fingerprint density at radius 3 is 2.90 bits per heavy atom. The summed E-state index contributed by atoms with van der Waals surface area (Å²) in [6.45, 7) is 1.78. The Morgan fingerprint density at radius 1 is 1.43 bits per heavy atom. The molecule has 0 N–H and O–H groups in total. The fourth-order valence-electron chi connectivity index (χ4n) is 3.39. The van der Waals surface area contributed by atoms with Crippen molar-refractivity contribution in [1.82, 2.24) is 4.90 Å². The highest BCUT2D eigenvalue weighted by Crippen LogP contribution is 2.37. The summed E-state index contributed by atoms with van der Waals surface area (Å²) in [5.41, 5.74) is -0.142. The monoisotopic (exact) mass is 293 g/mol. The zero-order valence-corrected chi connectivity index (χ0v) is 12.2. The third-order valence-electron chi connectivity index (χ3n) is 4.59. The van der Waals surface area contributed by atoms with Crippen molar-refractivity contribution < 1.29 is 18.7 Å². The molecule has 0 aromatic heterocycles. The smallest absolute Gasteiger partial charge is 0.256 e. The van der Waals surface area contributed by atoms with Crippen LogP contribution < -0.4 is 0 Å². The van der Waals surface area contributed by atoms with Crippen LogP contribution in [0.25, 0.3) is 0 Å². The summed E-state index contributed by atoms with van der Waals surface area (Å²) >= 11 is 0. The van der Waals surface area contributed by atoms with Gasteiger partial charge >= 0.3 is 0 Å². The highest BCUT2D eigenvalue weighted by Gasteiger charge is 2.47.